The van der Waals surface area contributed by atoms with Crippen molar-refractivity contribution >= 4 is 56.5 Å². The summed E-state index contributed by atoms with van der Waals surface area (Å²) >= 11 is 5.43. The van der Waals surface area contributed by atoms with Crippen LogP contribution < -0.4 is 4.74 Å². The predicted octanol–water partition coefficient (Wildman–Crippen LogP) is 2.99. The molecule has 128 valence electrons. The Morgan fingerprint density at radius 2 is 2.08 bits per heavy atom. The number of hydrogen-bond donors (Lipinski definition) is 0. The average Bonchev–Trinajstić information content (AvgIpc) is 2.51. The fourth-order valence-corrected chi connectivity index (χ4v) is 3.45. The lowest BCUT2D eigenvalue weighted by atomic mass is 10.1. The summed E-state index contributed by atoms with van der Waals surface area (Å²) < 4.78 is 11.6. The van der Waals surface area contributed by atoms with E-state index in [0.717, 1.165) is 3.57 Å². The number of likely N-dealkylation sites (N-methyl/N-ethyl adjacent to an activating group) is 1. The smallest absolute Gasteiger partial charge is 0.344 e. The maximum absolute atomic E-state index is 11.9. The Bertz CT molecular complexity index is 688. The average molecular weight is 507 g/mol. The van der Waals surface area contributed by atoms with E-state index in [1.54, 1.807) is 33.2 Å². The number of rotatable bonds is 6. The summed E-state index contributed by atoms with van der Waals surface area (Å²) in [6.45, 7) is 1.82. The minimum absolute atomic E-state index is 0.0305. The largest absolute Gasteiger partial charge is 0.480 e. The number of nitrogens with zero attached hydrogens (tertiary/aromatic N) is 2. The van der Waals surface area contributed by atoms with Gasteiger partial charge >= 0.3 is 5.97 Å². The standard InChI is InChI=1S/C16H16BrIN2O4/c1-4-23-14(21)9-24-15-12(17)6-10(7-13(15)18)5-11(8-19)16(22)20(2)3/h5-7H,4,9H2,1-3H3/b11-5-. The molecule has 0 saturated carbocycles. The van der Waals surface area contributed by atoms with E-state index in [1.165, 1.54) is 11.0 Å². The molecule has 0 radical (unpaired) electrons. The Morgan fingerprint density at radius 3 is 2.58 bits per heavy atom. The molecule has 24 heavy (non-hydrogen) atoms. The van der Waals surface area contributed by atoms with E-state index in [-0.39, 0.29) is 18.1 Å². The van der Waals surface area contributed by atoms with Crippen LogP contribution in [0.3, 0.4) is 0 Å². The van der Waals surface area contributed by atoms with Gasteiger partial charge in [-0.05, 0) is 69.2 Å². The molecule has 0 aromatic heterocycles. The van der Waals surface area contributed by atoms with Gasteiger partial charge in [-0.25, -0.2) is 4.79 Å². The van der Waals surface area contributed by atoms with E-state index < -0.39 is 5.97 Å². The Balaban J connectivity index is 3.05. The van der Waals surface area contributed by atoms with Crippen LogP contribution in [0.1, 0.15) is 12.5 Å². The van der Waals surface area contributed by atoms with Gasteiger partial charge in [0.2, 0.25) is 0 Å². The number of nitriles is 1. The highest BCUT2D eigenvalue weighted by atomic mass is 127. The van der Waals surface area contributed by atoms with Crippen LogP contribution in [0.15, 0.2) is 22.2 Å². The third-order valence-electron chi connectivity index (χ3n) is 2.73. The molecular formula is C16H16BrIN2O4. The first-order valence-electron chi connectivity index (χ1n) is 6.91. The summed E-state index contributed by atoms with van der Waals surface area (Å²) in [7, 11) is 3.17. The molecule has 0 aliphatic carbocycles. The SMILES string of the molecule is CCOC(=O)COc1c(Br)cc(/C=C(/C#N)C(=O)N(C)C)cc1I. The quantitative estimate of drug-likeness (QED) is 0.256. The van der Waals surface area contributed by atoms with Gasteiger partial charge < -0.3 is 14.4 Å². The number of amides is 1. The molecule has 0 aliphatic rings. The number of benzene rings is 1. The van der Waals surface area contributed by atoms with E-state index in [0.29, 0.717) is 22.4 Å². The highest BCUT2D eigenvalue weighted by molar-refractivity contribution is 14.1. The molecule has 0 saturated heterocycles. The van der Waals surface area contributed by atoms with Gasteiger partial charge in [0.1, 0.15) is 17.4 Å². The lowest BCUT2D eigenvalue weighted by molar-refractivity contribution is -0.145. The number of carbonyl (C=O) groups excluding carboxylic acids is 2. The number of esters is 1. The molecule has 0 unspecified atom stereocenters. The summed E-state index contributed by atoms with van der Waals surface area (Å²) in [4.78, 5) is 24.6. The summed E-state index contributed by atoms with van der Waals surface area (Å²) in [6, 6.07) is 5.37. The van der Waals surface area contributed by atoms with Crippen molar-refractivity contribution in [3.63, 3.8) is 0 Å². The lowest BCUT2D eigenvalue weighted by Gasteiger charge is -2.12. The van der Waals surface area contributed by atoms with Crippen molar-refractivity contribution < 1.29 is 19.1 Å². The maximum atomic E-state index is 11.9. The normalized spacial score (nSPS) is 10.8. The molecule has 0 aliphatic heterocycles. The summed E-state index contributed by atoms with van der Waals surface area (Å²) in [5.74, 6) is -0.322. The molecule has 1 aromatic rings. The van der Waals surface area contributed by atoms with Crippen molar-refractivity contribution in [1.29, 1.82) is 5.26 Å². The third-order valence-corrected chi connectivity index (χ3v) is 4.12. The van der Waals surface area contributed by atoms with Crippen LogP contribution in [0.4, 0.5) is 0 Å². The van der Waals surface area contributed by atoms with Crippen LogP contribution in [0.25, 0.3) is 6.08 Å². The Kier molecular flexibility index (Phi) is 8.21. The molecule has 0 bridgehead atoms. The molecule has 1 rings (SSSR count). The monoisotopic (exact) mass is 506 g/mol. The van der Waals surface area contributed by atoms with Crippen molar-refractivity contribution in [1.82, 2.24) is 4.90 Å². The van der Waals surface area contributed by atoms with Gasteiger partial charge in [-0.15, -0.1) is 0 Å². The Labute approximate surface area is 162 Å². The molecule has 1 amide bonds. The topological polar surface area (TPSA) is 79.6 Å². The minimum atomic E-state index is -0.451. The zero-order chi connectivity index (χ0) is 18.3. The second-order valence-electron chi connectivity index (χ2n) is 4.78. The minimum Gasteiger partial charge on any atom is -0.480 e. The number of carbonyl (C=O) groups is 2. The van der Waals surface area contributed by atoms with Gasteiger partial charge in [-0.1, -0.05) is 0 Å². The van der Waals surface area contributed by atoms with E-state index in [4.69, 9.17) is 14.7 Å². The van der Waals surface area contributed by atoms with Crippen molar-refractivity contribution in [2.24, 2.45) is 0 Å². The molecule has 0 spiro atoms. The van der Waals surface area contributed by atoms with E-state index in [9.17, 15) is 9.59 Å². The molecular weight excluding hydrogens is 491 g/mol. The van der Waals surface area contributed by atoms with Crippen LogP contribution in [0.2, 0.25) is 0 Å². The molecule has 0 heterocycles. The second-order valence-corrected chi connectivity index (χ2v) is 6.79. The van der Waals surface area contributed by atoms with Gasteiger partial charge in [0.05, 0.1) is 14.6 Å². The van der Waals surface area contributed by atoms with Gasteiger partial charge in [0.25, 0.3) is 5.91 Å². The van der Waals surface area contributed by atoms with E-state index >= 15 is 0 Å². The van der Waals surface area contributed by atoms with Gasteiger partial charge in [-0.3, -0.25) is 4.79 Å². The highest BCUT2D eigenvalue weighted by Gasteiger charge is 2.14. The lowest BCUT2D eigenvalue weighted by Crippen LogP contribution is -2.22. The number of ether oxygens (including phenoxy) is 2. The summed E-state index contributed by atoms with van der Waals surface area (Å²) in [6.07, 6.45) is 1.50. The second kappa shape index (κ2) is 9.64. The fraction of sp³-hybridized carbons (Fsp3) is 0.312. The van der Waals surface area contributed by atoms with Gasteiger partial charge in [0.15, 0.2) is 6.61 Å². The van der Waals surface area contributed by atoms with Gasteiger partial charge in [0, 0.05) is 14.1 Å². The fourth-order valence-electron chi connectivity index (χ4n) is 1.68. The molecule has 0 N–H and O–H groups in total. The highest BCUT2D eigenvalue weighted by Crippen LogP contribution is 2.32. The van der Waals surface area contributed by atoms with E-state index in [2.05, 4.69) is 38.5 Å². The summed E-state index contributed by atoms with van der Waals surface area (Å²) in [5.41, 5.74) is 0.699. The zero-order valence-corrected chi connectivity index (χ0v) is 17.2. The van der Waals surface area contributed by atoms with Crippen LogP contribution in [-0.2, 0) is 14.3 Å². The summed E-state index contributed by atoms with van der Waals surface area (Å²) in [5, 5.41) is 9.14. The van der Waals surface area contributed by atoms with Crippen LogP contribution in [0, 0.1) is 14.9 Å². The first-order chi connectivity index (χ1) is 11.3. The van der Waals surface area contributed by atoms with Crippen LogP contribution in [-0.4, -0.2) is 44.1 Å². The first kappa shape index (κ1) is 20.4. The van der Waals surface area contributed by atoms with Crippen molar-refractivity contribution in [3.05, 3.63) is 31.3 Å². The zero-order valence-electron chi connectivity index (χ0n) is 13.4. The molecule has 6 nitrogen and oxygen atoms in total. The van der Waals surface area contributed by atoms with Crippen molar-refractivity contribution in [2.45, 2.75) is 6.92 Å². The van der Waals surface area contributed by atoms with Crippen molar-refractivity contribution in [3.8, 4) is 11.8 Å². The molecule has 0 fully saturated rings. The van der Waals surface area contributed by atoms with Crippen LogP contribution >= 0.6 is 38.5 Å². The Morgan fingerprint density at radius 1 is 1.42 bits per heavy atom. The molecule has 8 heteroatoms. The van der Waals surface area contributed by atoms with Gasteiger partial charge in [-0.2, -0.15) is 5.26 Å². The van der Waals surface area contributed by atoms with Crippen molar-refractivity contribution in [2.75, 3.05) is 27.3 Å². The predicted molar refractivity (Wildman–Crippen MR) is 101 cm³/mol. The number of hydrogen-bond acceptors (Lipinski definition) is 5. The van der Waals surface area contributed by atoms with E-state index in [1.807, 2.05) is 6.07 Å². The molecule has 1 aromatic carbocycles. The molecule has 0 atom stereocenters. The van der Waals surface area contributed by atoms with Crippen LogP contribution in [0.5, 0.6) is 5.75 Å². The third kappa shape index (κ3) is 5.79. The Hall–Kier alpha value is -1.60. The maximum Gasteiger partial charge on any atom is 0.344 e. The number of halogens is 2. The first-order valence-corrected chi connectivity index (χ1v) is 8.78.